The number of rotatable bonds is 4. The molecule has 0 unspecified atom stereocenters. The lowest BCUT2D eigenvalue weighted by Gasteiger charge is -2.34. The van der Waals surface area contributed by atoms with Gasteiger partial charge in [0.1, 0.15) is 19.0 Å². The summed E-state index contributed by atoms with van der Waals surface area (Å²) in [5.74, 6) is 4.98. The second-order valence-corrected chi connectivity index (χ2v) is 6.58. The number of carbonyl (C=O) groups excluding carboxylic acids is 1. The smallest absolute Gasteiger partial charge is 0.168 e. The van der Waals surface area contributed by atoms with E-state index >= 15 is 0 Å². The zero-order valence-corrected chi connectivity index (χ0v) is 14.8. The first-order valence-electron chi connectivity index (χ1n) is 9.07. The normalized spacial score (nSPS) is 23.5. The molecule has 0 amide bonds. The van der Waals surface area contributed by atoms with Crippen molar-refractivity contribution in [2.45, 2.75) is 69.4 Å². The molecule has 0 aromatic carbocycles. The Morgan fingerprint density at radius 3 is 1.88 bits per heavy atom. The quantitative estimate of drug-likeness (QED) is 0.731. The molecule has 25 heavy (non-hydrogen) atoms. The molecule has 3 aliphatic rings. The average Bonchev–Trinajstić information content (AvgIpc) is 3.10. The highest BCUT2D eigenvalue weighted by atomic mass is 16.7. The molecule has 0 atom stereocenters. The molecule has 1 heterocycles. The standard InChI is InChI=1S/C11H16O3.C9H12O2/c1-2-7-12-10-3-5-11(6-4-10)13-8-9-14-11;1-2-7-11-9-5-3-8(10)4-6-9/h1,10H,3-9H2;1,9H,3-7H2. The molecule has 0 bridgehead atoms. The van der Waals surface area contributed by atoms with Gasteiger partial charge in [0.15, 0.2) is 5.79 Å². The van der Waals surface area contributed by atoms with E-state index in [1.54, 1.807) is 0 Å². The Morgan fingerprint density at radius 1 is 0.920 bits per heavy atom. The molecule has 5 nitrogen and oxygen atoms in total. The van der Waals surface area contributed by atoms with Gasteiger partial charge in [-0.2, -0.15) is 0 Å². The van der Waals surface area contributed by atoms with Crippen LogP contribution < -0.4 is 0 Å². The summed E-state index contributed by atoms with van der Waals surface area (Å²) in [5, 5.41) is 0. The summed E-state index contributed by atoms with van der Waals surface area (Å²) < 4.78 is 22.0. The number of hydrogen-bond acceptors (Lipinski definition) is 5. The minimum atomic E-state index is -0.282. The van der Waals surface area contributed by atoms with E-state index < -0.39 is 0 Å². The van der Waals surface area contributed by atoms with Crippen molar-refractivity contribution in [1.29, 1.82) is 0 Å². The number of Topliss-reactive ketones (excluding diaryl/α,β-unsaturated/α-hetero) is 1. The van der Waals surface area contributed by atoms with E-state index in [1.807, 2.05) is 0 Å². The molecular formula is C20H28O5. The fourth-order valence-corrected chi connectivity index (χ4v) is 3.40. The van der Waals surface area contributed by atoms with Gasteiger partial charge in [-0.15, -0.1) is 12.8 Å². The molecule has 0 aromatic heterocycles. The predicted octanol–water partition coefficient (Wildman–Crippen LogP) is 2.47. The monoisotopic (exact) mass is 348 g/mol. The van der Waals surface area contributed by atoms with E-state index in [0.717, 1.165) is 51.7 Å². The van der Waals surface area contributed by atoms with Crippen LogP contribution in [0, 0.1) is 24.7 Å². The fourth-order valence-electron chi connectivity index (χ4n) is 3.40. The molecule has 2 saturated carbocycles. The van der Waals surface area contributed by atoms with Crippen LogP contribution in [0.5, 0.6) is 0 Å². The third-order valence-corrected chi connectivity index (χ3v) is 4.80. The molecular weight excluding hydrogens is 320 g/mol. The molecule has 0 aromatic rings. The highest BCUT2D eigenvalue weighted by Gasteiger charge is 2.40. The van der Waals surface area contributed by atoms with E-state index in [0.29, 0.717) is 37.9 Å². The molecule has 3 fully saturated rings. The van der Waals surface area contributed by atoms with Crippen molar-refractivity contribution >= 4 is 5.78 Å². The van der Waals surface area contributed by atoms with E-state index in [-0.39, 0.29) is 11.9 Å². The number of terminal acetylenes is 2. The summed E-state index contributed by atoms with van der Waals surface area (Å²) in [5.41, 5.74) is 0. The molecule has 1 spiro atoms. The van der Waals surface area contributed by atoms with E-state index in [1.165, 1.54) is 0 Å². The summed E-state index contributed by atoms with van der Waals surface area (Å²) in [6.45, 7) is 2.25. The van der Waals surface area contributed by atoms with Crippen LogP contribution in [0.1, 0.15) is 51.4 Å². The van der Waals surface area contributed by atoms with Crippen LogP contribution in [-0.4, -0.2) is 50.2 Å². The molecule has 3 rings (SSSR count). The SMILES string of the molecule is C#CCOC1CCC(=O)CC1.C#CCOC1CCC2(CC1)OCCO2. The van der Waals surface area contributed by atoms with Gasteiger partial charge in [-0.3, -0.25) is 4.79 Å². The first-order chi connectivity index (χ1) is 12.2. The van der Waals surface area contributed by atoms with Gasteiger partial charge in [-0.25, -0.2) is 0 Å². The Bertz CT molecular complexity index is 475. The summed E-state index contributed by atoms with van der Waals surface area (Å²) >= 11 is 0. The second-order valence-electron chi connectivity index (χ2n) is 6.58. The van der Waals surface area contributed by atoms with Gasteiger partial charge in [-0.05, 0) is 25.7 Å². The molecule has 1 saturated heterocycles. The Morgan fingerprint density at radius 2 is 1.40 bits per heavy atom. The second kappa shape index (κ2) is 10.6. The maximum Gasteiger partial charge on any atom is 0.168 e. The Kier molecular flexibility index (Phi) is 8.44. The zero-order chi connectivity index (χ0) is 18.0. The van der Waals surface area contributed by atoms with Crippen molar-refractivity contribution in [2.75, 3.05) is 26.4 Å². The van der Waals surface area contributed by atoms with Crippen molar-refractivity contribution in [3.8, 4) is 24.7 Å². The highest BCUT2D eigenvalue weighted by molar-refractivity contribution is 5.79. The first kappa shape index (κ1) is 19.9. The van der Waals surface area contributed by atoms with Crippen LogP contribution in [0.25, 0.3) is 0 Å². The summed E-state index contributed by atoms with van der Waals surface area (Å²) in [4.78, 5) is 10.8. The topological polar surface area (TPSA) is 54.0 Å². The maximum atomic E-state index is 10.8. The number of carbonyl (C=O) groups is 1. The summed E-state index contributed by atoms with van der Waals surface area (Å²) in [6.07, 6.45) is 17.5. The van der Waals surface area contributed by atoms with Crippen molar-refractivity contribution in [3.05, 3.63) is 0 Å². The van der Waals surface area contributed by atoms with Gasteiger partial charge >= 0.3 is 0 Å². The van der Waals surface area contributed by atoms with Gasteiger partial charge in [0.25, 0.3) is 0 Å². The Hall–Kier alpha value is -1.37. The van der Waals surface area contributed by atoms with Crippen LogP contribution >= 0.6 is 0 Å². The van der Waals surface area contributed by atoms with Crippen LogP contribution in [-0.2, 0) is 23.7 Å². The van der Waals surface area contributed by atoms with Gasteiger partial charge in [0.05, 0.1) is 25.4 Å². The average molecular weight is 348 g/mol. The van der Waals surface area contributed by atoms with E-state index in [2.05, 4.69) is 11.8 Å². The third-order valence-electron chi connectivity index (χ3n) is 4.80. The van der Waals surface area contributed by atoms with Crippen LogP contribution in [0.3, 0.4) is 0 Å². The molecule has 0 radical (unpaired) electrons. The molecule has 2 aliphatic carbocycles. The van der Waals surface area contributed by atoms with Gasteiger partial charge in [0, 0.05) is 25.7 Å². The highest BCUT2D eigenvalue weighted by Crippen LogP contribution is 2.36. The van der Waals surface area contributed by atoms with E-state index in [4.69, 9.17) is 31.8 Å². The number of hydrogen-bond donors (Lipinski definition) is 0. The van der Waals surface area contributed by atoms with E-state index in [9.17, 15) is 4.79 Å². The summed E-state index contributed by atoms with van der Waals surface area (Å²) in [6, 6.07) is 0. The summed E-state index contributed by atoms with van der Waals surface area (Å²) in [7, 11) is 0. The predicted molar refractivity (Wildman–Crippen MR) is 93.7 cm³/mol. The number of ether oxygens (including phenoxy) is 4. The lowest BCUT2D eigenvalue weighted by atomic mass is 9.92. The van der Waals surface area contributed by atoms with Crippen molar-refractivity contribution < 1.29 is 23.7 Å². The van der Waals surface area contributed by atoms with Crippen LogP contribution in [0.2, 0.25) is 0 Å². The lowest BCUT2D eigenvalue weighted by molar-refractivity contribution is -0.190. The van der Waals surface area contributed by atoms with Crippen LogP contribution in [0.15, 0.2) is 0 Å². The van der Waals surface area contributed by atoms with Crippen molar-refractivity contribution in [3.63, 3.8) is 0 Å². The maximum absolute atomic E-state index is 10.8. The third kappa shape index (κ3) is 6.80. The Labute approximate surface area is 150 Å². The molecule has 0 N–H and O–H groups in total. The fraction of sp³-hybridized carbons (Fsp3) is 0.750. The van der Waals surface area contributed by atoms with Gasteiger partial charge in [0.2, 0.25) is 0 Å². The van der Waals surface area contributed by atoms with Gasteiger partial charge < -0.3 is 18.9 Å². The lowest BCUT2D eigenvalue weighted by Crippen LogP contribution is -2.37. The minimum Gasteiger partial charge on any atom is -0.366 e. The Balaban J connectivity index is 0.000000186. The van der Waals surface area contributed by atoms with Crippen molar-refractivity contribution in [2.24, 2.45) is 0 Å². The van der Waals surface area contributed by atoms with Crippen LogP contribution in [0.4, 0.5) is 0 Å². The minimum absolute atomic E-state index is 0.226. The van der Waals surface area contributed by atoms with Gasteiger partial charge in [-0.1, -0.05) is 11.8 Å². The largest absolute Gasteiger partial charge is 0.366 e. The molecule has 138 valence electrons. The number of ketones is 1. The molecule has 5 heteroatoms. The molecule has 1 aliphatic heterocycles. The first-order valence-corrected chi connectivity index (χ1v) is 9.07. The zero-order valence-electron chi connectivity index (χ0n) is 14.8. The van der Waals surface area contributed by atoms with Crippen molar-refractivity contribution in [1.82, 2.24) is 0 Å².